The predicted octanol–water partition coefficient (Wildman–Crippen LogP) is 4.94. The Morgan fingerprint density at radius 3 is 2.53 bits per heavy atom. The lowest BCUT2D eigenvalue weighted by Gasteiger charge is -2.13. The van der Waals surface area contributed by atoms with Crippen molar-refractivity contribution in [2.45, 2.75) is 20.8 Å². The van der Waals surface area contributed by atoms with Crippen LogP contribution in [0.15, 0.2) is 59.1 Å². The number of benzene rings is 2. The first-order valence-corrected chi connectivity index (χ1v) is 9.83. The maximum absolute atomic E-state index is 12.6. The maximum atomic E-state index is 12.6. The summed E-state index contributed by atoms with van der Waals surface area (Å²) in [6.45, 7) is 5.86. The number of amides is 1. The summed E-state index contributed by atoms with van der Waals surface area (Å²) in [4.78, 5) is 21.2. The van der Waals surface area contributed by atoms with Crippen LogP contribution >= 0.6 is 12.2 Å². The highest BCUT2D eigenvalue weighted by Gasteiger charge is 2.13. The summed E-state index contributed by atoms with van der Waals surface area (Å²) in [6, 6.07) is 15.0. The van der Waals surface area contributed by atoms with Gasteiger partial charge in [0.1, 0.15) is 0 Å². The maximum Gasteiger partial charge on any atom is 0.257 e. The Kier molecular flexibility index (Phi) is 5.29. The van der Waals surface area contributed by atoms with Gasteiger partial charge in [-0.25, -0.2) is 4.98 Å². The number of pyridine rings is 1. The van der Waals surface area contributed by atoms with Gasteiger partial charge in [-0.1, -0.05) is 23.3 Å². The molecule has 0 fully saturated rings. The molecule has 2 heterocycles. The fraction of sp³-hybridized carbons (Fsp3) is 0.130. The van der Waals surface area contributed by atoms with Crippen molar-refractivity contribution in [1.82, 2.24) is 15.3 Å². The number of aromatic nitrogens is 2. The summed E-state index contributed by atoms with van der Waals surface area (Å²) in [5.41, 5.74) is 6.30. The lowest BCUT2D eigenvalue weighted by atomic mass is 10.1. The minimum absolute atomic E-state index is 0.221. The molecule has 0 aliphatic heterocycles. The minimum Gasteiger partial charge on any atom is -0.434 e. The summed E-state index contributed by atoms with van der Waals surface area (Å²) in [7, 11) is 0. The van der Waals surface area contributed by atoms with Crippen molar-refractivity contribution >= 4 is 40.2 Å². The molecule has 0 radical (unpaired) electrons. The number of hydrogen-bond donors (Lipinski definition) is 2. The zero-order valence-corrected chi connectivity index (χ0v) is 17.6. The fourth-order valence-electron chi connectivity index (χ4n) is 3.22. The molecule has 4 aromatic rings. The number of aryl methyl sites for hydroxylation is 3. The molecule has 2 aromatic heterocycles. The van der Waals surface area contributed by atoms with E-state index in [4.69, 9.17) is 16.6 Å². The SMILES string of the molecule is Cc1cc(C)cc(C(=O)NC(=S)Nc2cc(-c3nc4ncccc4o3)ccc2C)c1. The van der Waals surface area contributed by atoms with Gasteiger partial charge in [0, 0.05) is 23.0 Å². The normalized spacial score (nSPS) is 10.8. The number of hydrogen-bond acceptors (Lipinski definition) is 5. The number of nitrogens with zero attached hydrogens (tertiary/aromatic N) is 2. The standard InChI is InChI=1S/C23H20N4O2S/c1-13-9-14(2)11-17(10-13)21(28)27-23(30)25-18-12-16(7-6-15(18)3)22-26-20-19(29-22)5-4-8-24-20/h4-12H,1-3H3,(H2,25,27,28,30). The fourth-order valence-corrected chi connectivity index (χ4v) is 3.42. The van der Waals surface area contributed by atoms with Crippen molar-refractivity contribution < 1.29 is 9.21 Å². The molecular formula is C23H20N4O2S. The van der Waals surface area contributed by atoms with Crippen LogP contribution in [-0.2, 0) is 0 Å². The Balaban J connectivity index is 1.53. The molecule has 0 aliphatic rings. The number of fused-ring (bicyclic) bond motifs is 1. The van der Waals surface area contributed by atoms with Crippen LogP contribution in [0.5, 0.6) is 0 Å². The molecule has 0 spiro atoms. The second kappa shape index (κ2) is 8.04. The first kappa shape index (κ1) is 19.7. The van der Waals surface area contributed by atoms with Crippen LogP contribution in [0.25, 0.3) is 22.7 Å². The average molecular weight is 417 g/mol. The number of rotatable bonds is 3. The molecule has 150 valence electrons. The molecule has 30 heavy (non-hydrogen) atoms. The Morgan fingerprint density at radius 2 is 1.80 bits per heavy atom. The van der Waals surface area contributed by atoms with Gasteiger partial charge in [-0.15, -0.1) is 0 Å². The van der Waals surface area contributed by atoms with Gasteiger partial charge in [0.15, 0.2) is 16.3 Å². The quantitative estimate of drug-likeness (QED) is 0.461. The third kappa shape index (κ3) is 4.21. The zero-order valence-electron chi connectivity index (χ0n) is 16.8. The van der Waals surface area contributed by atoms with Crippen molar-refractivity contribution in [3.05, 3.63) is 77.0 Å². The Bertz CT molecular complexity index is 1230. The molecular weight excluding hydrogens is 396 g/mol. The largest absolute Gasteiger partial charge is 0.434 e. The van der Waals surface area contributed by atoms with Crippen LogP contribution in [0.3, 0.4) is 0 Å². The van der Waals surface area contributed by atoms with Crippen molar-refractivity contribution in [2.24, 2.45) is 0 Å². The summed E-state index contributed by atoms with van der Waals surface area (Å²) >= 11 is 5.36. The zero-order chi connectivity index (χ0) is 21.3. The number of anilines is 1. The number of oxazole rings is 1. The lowest BCUT2D eigenvalue weighted by Crippen LogP contribution is -2.34. The highest BCUT2D eigenvalue weighted by Crippen LogP contribution is 2.27. The van der Waals surface area contributed by atoms with E-state index in [2.05, 4.69) is 20.6 Å². The van der Waals surface area contributed by atoms with E-state index < -0.39 is 0 Å². The van der Waals surface area contributed by atoms with Gasteiger partial charge >= 0.3 is 0 Å². The molecule has 0 saturated heterocycles. The third-order valence-electron chi connectivity index (χ3n) is 4.61. The Labute approximate surface area is 179 Å². The average Bonchev–Trinajstić information content (AvgIpc) is 3.13. The molecule has 0 aliphatic carbocycles. The second-order valence-electron chi connectivity index (χ2n) is 7.16. The smallest absolute Gasteiger partial charge is 0.257 e. The first-order valence-electron chi connectivity index (χ1n) is 9.42. The molecule has 2 N–H and O–H groups in total. The molecule has 0 bridgehead atoms. The monoisotopic (exact) mass is 416 g/mol. The van der Waals surface area contributed by atoms with Crippen LogP contribution in [-0.4, -0.2) is 21.0 Å². The van der Waals surface area contributed by atoms with Gasteiger partial charge in [-0.2, -0.15) is 4.98 Å². The van der Waals surface area contributed by atoms with E-state index in [1.54, 1.807) is 12.3 Å². The molecule has 4 rings (SSSR count). The number of carbonyl (C=O) groups is 1. The summed E-state index contributed by atoms with van der Waals surface area (Å²) in [5, 5.41) is 6.06. The molecule has 0 unspecified atom stereocenters. The number of thiocarbonyl (C=S) groups is 1. The van der Waals surface area contributed by atoms with Crippen molar-refractivity contribution in [3.8, 4) is 11.5 Å². The van der Waals surface area contributed by atoms with Crippen LogP contribution in [0.2, 0.25) is 0 Å². The van der Waals surface area contributed by atoms with Crippen molar-refractivity contribution in [1.29, 1.82) is 0 Å². The molecule has 0 atom stereocenters. The molecule has 0 saturated carbocycles. The lowest BCUT2D eigenvalue weighted by molar-refractivity contribution is 0.0977. The van der Waals surface area contributed by atoms with Crippen molar-refractivity contribution in [2.75, 3.05) is 5.32 Å². The number of nitrogens with one attached hydrogen (secondary N) is 2. The Morgan fingerprint density at radius 1 is 1.03 bits per heavy atom. The highest BCUT2D eigenvalue weighted by molar-refractivity contribution is 7.80. The van der Waals surface area contributed by atoms with Crippen LogP contribution in [0, 0.1) is 20.8 Å². The highest BCUT2D eigenvalue weighted by atomic mass is 32.1. The summed E-state index contributed by atoms with van der Waals surface area (Å²) in [5.74, 6) is 0.218. The first-order chi connectivity index (χ1) is 14.4. The minimum atomic E-state index is -0.252. The van der Waals surface area contributed by atoms with Gasteiger partial charge < -0.3 is 9.73 Å². The van der Waals surface area contributed by atoms with E-state index in [9.17, 15) is 4.79 Å². The van der Waals surface area contributed by atoms with Crippen molar-refractivity contribution in [3.63, 3.8) is 0 Å². The van der Waals surface area contributed by atoms with Gasteiger partial charge in [0.2, 0.25) is 5.89 Å². The third-order valence-corrected chi connectivity index (χ3v) is 4.81. The summed E-state index contributed by atoms with van der Waals surface area (Å²) < 4.78 is 5.79. The summed E-state index contributed by atoms with van der Waals surface area (Å²) in [6.07, 6.45) is 1.67. The Hall–Kier alpha value is -3.58. The number of carbonyl (C=O) groups excluding carboxylic acids is 1. The van der Waals surface area contributed by atoms with E-state index in [-0.39, 0.29) is 11.0 Å². The van der Waals surface area contributed by atoms with E-state index >= 15 is 0 Å². The predicted molar refractivity (Wildman–Crippen MR) is 122 cm³/mol. The van der Waals surface area contributed by atoms with E-state index in [1.165, 1.54) is 0 Å². The van der Waals surface area contributed by atoms with Gasteiger partial charge in [0.25, 0.3) is 5.91 Å². The van der Waals surface area contributed by atoms with Crippen LogP contribution in [0.1, 0.15) is 27.0 Å². The van der Waals surface area contributed by atoms with Gasteiger partial charge in [0.05, 0.1) is 0 Å². The van der Waals surface area contributed by atoms with E-state index in [0.717, 1.165) is 27.9 Å². The molecule has 1 amide bonds. The van der Waals surface area contributed by atoms with Crippen LogP contribution in [0.4, 0.5) is 5.69 Å². The van der Waals surface area contributed by atoms with E-state index in [0.29, 0.717) is 22.7 Å². The van der Waals surface area contributed by atoms with Crippen LogP contribution < -0.4 is 10.6 Å². The van der Waals surface area contributed by atoms with Gasteiger partial charge in [-0.05, 0) is 75.0 Å². The molecule has 7 heteroatoms. The topological polar surface area (TPSA) is 80.0 Å². The molecule has 2 aromatic carbocycles. The van der Waals surface area contributed by atoms with Gasteiger partial charge in [-0.3, -0.25) is 10.1 Å². The second-order valence-corrected chi connectivity index (χ2v) is 7.57. The molecule has 6 nitrogen and oxygen atoms in total. The van der Waals surface area contributed by atoms with E-state index in [1.807, 2.05) is 63.2 Å².